The maximum absolute atomic E-state index is 9.98. The zero-order valence-corrected chi connectivity index (χ0v) is 18.4. The molecule has 5 rings (SSSR count). The molecule has 0 spiro atoms. The molecule has 2 aromatic heterocycles. The van der Waals surface area contributed by atoms with Crippen molar-refractivity contribution >= 4 is 33.6 Å². The lowest BCUT2D eigenvalue weighted by molar-refractivity contribution is 0.174. The van der Waals surface area contributed by atoms with Gasteiger partial charge in [-0.1, -0.05) is 0 Å². The molecular weight excluding hydrogens is 462 g/mol. The molecule has 0 unspecified atom stereocenters. The quantitative estimate of drug-likeness (QED) is 0.403. The number of nitrogens with zero attached hydrogens (tertiary/aromatic N) is 3. The van der Waals surface area contributed by atoms with E-state index in [1.54, 1.807) is 24.4 Å². The number of phenols is 1. The number of rotatable bonds is 4. The number of hydrogen-bond acceptors (Lipinski definition) is 6. The lowest BCUT2D eigenvalue weighted by Crippen LogP contribution is -1.92. The van der Waals surface area contributed by atoms with Crippen molar-refractivity contribution in [2.75, 3.05) is 13.9 Å². The van der Waals surface area contributed by atoms with E-state index in [9.17, 15) is 5.11 Å². The van der Waals surface area contributed by atoms with E-state index < -0.39 is 0 Å². The van der Waals surface area contributed by atoms with Crippen LogP contribution in [0.4, 0.5) is 5.82 Å². The number of aromatic nitrogens is 2. The van der Waals surface area contributed by atoms with E-state index in [1.165, 1.54) is 7.11 Å². The number of imidazole rings is 1. The van der Waals surface area contributed by atoms with Gasteiger partial charge in [-0.05, 0) is 70.9 Å². The van der Waals surface area contributed by atoms with Gasteiger partial charge in [-0.2, -0.15) is 0 Å². The van der Waals surface area contributed by atoms with E-state index in [0.717, 1.165) is 26.8 Å². The fourth-order valence-corrected chi connectivity index (χ4v) is 3.86. The fourth-order valence-electron chi connectivity index (χ4n) is 3.44. The molecule has 156 valence electrons. The van der Waals surface area contributed by atoms with Gasteiger partial charge in [-0.3, -0.25) is 4.40 Å². The van der Waals surface area contributed by atoms with Crippen molar-refractivity contribution in [1.29, 1.82) is 0 Å². The van der Waals surface area contributed by atoms with Crippen LogP contribution in [0, 0.1) is 6.92 Å². The molecule has 0 radical (unpaired) electrons. The van der Waals surface area contributed by atoms with Crippen molar-refractivity contribution in [3.63, 3.8) is 0 Å². The first-order valence-corrected chi connectivity index (χ1v) is 10.3. The number of ether oxygens (including phenoxy) is 3. The Morgan fingerprint density at radius 3 is 2.77 bits per heavy atom. The van der Waals surface area contributed by atoms with Crippen LogP contribution in [-0.4, -0.2) is 34.6 Å². The van der Waals surface area contributed by atoms with Gasteiger partial charge in [-0.25, -0.2) is 9.98 Å². The van der Waals surface area contributed by atoms with Gasteiger partial charge in [0.25, 0.3) is 0 Å². The highest BCUT2D eigenvalue weighted by atomic mass is 79.9. The third-order valence-electron chi connectivity index (χ3n) is 5.03. The topological polar surface area (TPSA) is 77.6 Å². The summed E-state index contributed by atoms with van der Waals surface area (Å²) >= 11 is 3.57. The number of benzene rings is 2. The summed E-state index contributed by atoms with van der Waals surface area (Å²) < 4.78 is 19.0. The van der Waals surface area contributed by atoms with Crippen LogP contribution >= 0.6 is 15.9 Å². The SMILES string of the molecule is COc1cc(-c2nc3cc(C)ccn3c2/N=C/c2cc3c(cc2Br)OCO3)ccc1O. The summed E-state index contributed by atoms with van der Waals surface area (Å²) in [7, 11) is 1.52. The third kappa shape index (κ3) is 3.48. The van der Waals surface area contributed by atoms with Crippen LogP contribution in [0.15, 0.2) is 58.1 Å². The van der Waals surface area contributed by atoms with Crippen molar-refractivity contribution in [2.45, 2.75) is 6.92 Å². The molecule has 0 amide bonds. The van der Waals surface area contributed by atoms with Gasteiger partial charge in [0.15, 0.2) is 28.8 Å². The second-order valence-corrected chi connectivity index (χ2v) is 7.94. The maximum Gasteiger partial charge on any atom is 0.231 e. The van der Waals surface area contributed by atoms with Gasteiger partial charge in [0.05, 0.1) is 7.11 Å². The van der Waals surface area contributed by atoms with E-state index in [-0.39, 0.29) is 12.5 Å². The minimum Gasteiger partial charge on any atom is -0.504 e. The number of halogens is 1. The predicted molar refractivity (Wildman–Crippen MR) is 121 cm³/mol. The van der Waals surface area contributed by atoms with Crippen molar-refractivity contribution in [1.82, 2.24) is 9.38 Å². The molecule has 0 aliphatic carbocycles. The number of pyridine rings is 1. The Hall–Kier alpha value is -3.52. The van der Waals surface area contributed by atoms with Gasteiger partial charge in [0.1, 0.15) is 11.3 Å². The Morgan fingerprint density at radius 1 is 1.16 bits per heavy atom. The zero-order chi connectivity index (χ0) is 21.5. The molecule has 0 bridgehead atoms. The summed E-state index contributed by atoms with van der Waals surface area (Å²) in [6.07, 6.45) is 3.71. The molecule has 0 saturated heterocycles. The lowest BCUT2D eigenvalue weighted by Gasteiger charge is -2.06. The molecule has 0 saturated carbocycles. The monoisotopic (exact) mass is 479 g/mol. The molecule has 1 N–H and O–H groups in total. The molecule has 4 aromatic rings. The number of aliphatic imine (C=N–C) groups is 1. The molecule has 7 nitrogen and oxygen atoms in total. The van der Waals surface area contributed by atoms with Gasteiger partial charge in [0, 0.05) is 28.0 Å². The first-order chi connectivity index (χ1) is 15.0. The second-order valence-electron chi connectivity index (χ2n) is 7.09. The largest absolute Gasteiger partial charge is 0.504 e. The molecule has 1 aliphatic rings. The van der Waals surface area contributed by atoms with Crippen LogP contribution in [0.25, 0.3) is 16.9 Å². The normalized spacial score (nSPS) is 12.7. The predicted octanol–water partition coefficient (Wildman–Crippen LogP) is 5.27. The molecule has 3 heterocycles. The van der Waals surface area contributed by atoms with E-state index in [2.05, 4.69) is 15.9 Å². The molecule has 8 heteroatoms. The smallest absolute Gasteiger partial charge is 0.231 e. The Balaban J connectivity index is 1.66. The maximum atomic E-state index is 9.98. The van der Waals surface area contributed by atoms with Crippen molar-refractivity contribution < 1.29 is 19.3 Å². The van der Waals surface area contributed by atoms with Crippen molar-refractivity contribution in [2.24, 2.45) is 4.99 Å². The Labute approximate surface area is 186 Å². The minimum absolute atomic E-state index is 0.0696. The summed E-state index contributed by atoms with van der Waals surface area (Å²) in [4.78, 5) is 9.58. The fraction of sp³-hybridized carbons (Fsp3) is 0.130. The number of fused-ring (bicyclic) bond motifs is 2. The van der Waals surface area contributed by atoms with Crippen LogP contribution in [-0.2, 0) is 0 Å². The molecule has 31 heavy (non-hydrogen) atoms. The van der Waals surface area contributed by atoms with Crippen LogP contribution in [0.5, 0.6) is 23.0 Å². The van der Waals surface area contributed by atoms with E-state index in [4.69, 9.17) is 24.2 Å². The zero-order valence-electron chi connectivity index (χ0n) is 16.8. The molecule has 1 aliphatic heterocycles. The minimum atomic E-state index is 0.0696. The van der Waals surface area contributed by atoms with Gasteiger partial charge in [-0.15, -0.1) is 0 Å². The average Bonchev–Trinajstić information content (AvgIpc) is 3.35. The Morgan fingerprint density at radius 2 is 1.97 bits per heavy atom. The number of aromatic hydroxyl groups is 1. The Bertz CT molecular complexity index is 1350. The van der Waals surface area contributed by atoms with E-state index in [1.807, 2.05) is 41.8 Å². The standard InChI is InChI=1S/C23H18BrN3O4/c1-13-5-6-27-21(7-13)26-22(14-3-4-17(28)18(8-14)29-2)23(27)25-11-15-9-19-20(10-16(15)24)31-12-30-19/h3-11,28H,12H2,1-2H3/b25-11+. The molecule has 0 atom stereocenters. The second kappa shape index (κ2) is 7.63. The third-order valence-corrected chi connectivity index (χ3v) is 5.71. The summed E-state index contributed by atoms with van der Waals surface area (Å²) in [5.41, 5.74) is 4.19. The van der Waals surface area contributed by atoms with Crippen LogP contribution in [0.1, 0.15) is 11.1 Å². The van der Waals surface area contributed by atoms with Crippen molar-refractivity contribution in [3.8, 4) is 34.3 Å². The highest BCUT2D eigenvalue weighted by Crippen LogP contribution is 2.38. The summed E-state index contributed by atoms with van der Waals surface area (Å²) in [5, 5.41) is 9.98. The summed E-state index contributed by atoms with van der Waals surface area (Å²) in [6.45, 7) is 2.23. The summed E-state index contributed by atoms with van der Waals surface area (Å²) in [6, 6.07) is 12.9. The van der Waals surface area contributed by atoms with Gasteiger partial charge >= 0.3 is 0 Å². The van der Waals surface area contributed by atoms with Gasteiger partial charge in [0.2, 0.25) is 6.79 Å². The van der Waals surface area contributed by atoms with Crippen LogP contribution < -0.4 is 14.2 Å². The first-order valence-electron chi connectivity index (χ1n) is 9.53. The number of methoxy groups -OCH3 is 1. The molecular formula is C23H18BrN3O4. The van der Waals surface area contributed by atoms with E-state index >= 15 is 0 Å². The average molecular weight is 480 g/mol. The van der Waals surface area contributed by atoms with Crippen LogP contribution in [0.3, 0.4) is 0 Å². The first kappa shape index (κ1) is 19.4. The Kier molecular flexibility index (Phi) is 4.78. The lowest BCUT2D eigenvalue weighted by atomic mass is 10.1. The number of hydrogen-bond donors (Lipinski definition) is 1. The molecule has 0 fully saturated rings. The van der Waals surface area contributed by atoms with Crippen LogP contribution in [0.2, 0.25) is 0 Å². The van der Waals surface area contributed by atoms with Crippen molar-refractivity contribution in [3.05, 3.63) is 64.3 Å². The number of phenolic OH excluding ortho intramolecular Hbond substituents is 1. The van der Waals surface area contributed by atoms with Gasteiger partial charge < -0.3 is 19.3 Å². The highest BCUT2D eigenvalue weighted by Gasteiger charge is 2.18. The highest BCUT2D eigenvalue weighted by molar-refractivity contribution is 9.10. The molecule has 2 aromatic carbocycles. The summed E-state index contributed by atoms with van der Waals surface area (Å²) in [5.74, 6) is 2.49. The number of aryl methyl sites for hydroxylation is 1. The van der Waals surface area contributed by atoms with E-state index in [0.29, 0.717) is 28.8 Å².